The maximum Gasteiger partial charge on any atom is 0.135 e. The predicted molar refractivity (Wildman–Crippen MR) is 95.7 cm³/mol. The van der Waals surface area contributed by atoms with Gasteiger partial charge in [-0.15, -0.1) is 0 Å². The lowest BCUT2D eigenvalue weighted by atomic mass is 10.2. The summed E-state index contributed by atoms with van der Waals surface area (Å²) in [6.45, 7) is 12.7. The minimum absolute atomic E-state index is 0.332. The molecule has 1 aromatic rings. The van der Waals surface area contributed by atoms with Crippen LogP contribution in [0.15, 0.2) is 0 Å². The zero-order valence-electron chi connectivity index (χ0n) is 14.3. The third-order valence-electron chi connectivity index (χ3n) is 3.47. The maximum atomic E-state index is 4.69. The second kappa shape index (κ2) is 9.13. The third kappa shape index (κ3) is 5.73. The molecule has 0 spiro atoms. The van der Waals surface area contributed by atoms with Crippen molar-refractivity contribution in [2.75, 3.05) is 30.0 Å². The van der Waals surface area contributed by atoms with Crippen molar-refractivity contribution in [3.05, 3.63) is 11.4 Å². The van der Waals surface area contributed by atoms with E-state index < -0.39 is 0 Å². The highest BCUT2D eigenvalue weighted by Crippen LogP contribution is 2.23. The lowest BCUT2D eigenvalue weighted by Crippen LogP contribution is -2.14. The van der Waals surface area contributed by atoms with Crippen LogP contribution in [0.25, 0.3) is 0 Å². The van der Waals surface area contributed by atoms with E-state index >= 15 is 0 Å². The van der Waals surface area contributed by atoms with E-state index in [4.69, 9.17) is 4.98 Å². The molecule has 120 valence electrons. The first-order valence-electron chi connectivity index (χ1n) is 7.88. The molecule has 0 aliphatic heterocycles. The van der Waals surface area contributed by atoms with Crippen LogP contribution in [-0.2, 0) is 0 Å². The summed E-state index contributed by atoms with van der Waals surface area (Å²) in [5.41, 5.74) is 1.12. The van der Waals surface area contributed by atoms with Crippen LogP contribution in [0, 0.1) is 6.92 Å². The molecule has 0 saturated heterocycles. The van der Waals surface area contributed by atoms with Crippen LogP contribution in [0.1, 0.15) is 57.8 Å². The summed E-state index contributed by atoms with van der Waals surface area (Å²) in [6, 6.07) is 0. The van der Waals surface area contributed by atoms with E-state index in [2.05, 4.69) is 56.5 Å². The summed E-state index contributed by atoms with van der Waals surface area (Å²) in [6.07, 6.45) is 4.39. The van der Waals surface area contributed by atoms with Gasteiger partial charge in [-0.1, -0.05) is 27.7 Å². The number of hydrogen-bond donors (Lipinski definition) is 2. The second-order valence-electron chi connectivity index (χ2n) is 5.75. The molecule has 1 unspecified atom stereocenters. The number of aromatic nitrogens is 2. The molecule has 0 radical (unpaired) electrons. The minimum Gasteiger partial charge on any atom is -0.370 e. The Morgan fingerprint density at radius 2 is 1.62 bits per heavy atom. The molecule has 1 atom stereocenters. The highest BCUT2D eigenvalue weighted by atomic mass is 32.2. The van der Waals surface area contributed by atoms with Gasteiger partial charge in [-0.3, -0.25) is 0 Å². The molecule has 1 rings (SSSR count). The van der Waals surface area contributed by atoms with Gasteiger partial charge in [0.25, 0.3) is 0 Å². The topological polar surface area (TPSA) is 49.8 Å². The Bertz CT molecular complexity index is 435. The van der Waals surface area contributed by atoms with Gasteiger partial charge in [0.05, 0.1) is 0 Å². The van der Waals surface area contributed by atoms with Crippen LogP contribution >= 0.6 is 11.8 Å². The predicted octanol–water partition coefficient (Wildman–Crippen LogP) is 4.28. The van der Waals surface area contributed by atoms with Crippen molar-refractivity contribution >= 4 is 23.4 Å². The van der Waals surface area contributed by atoms with Gasteiger partial charge >= 0.3 is 0 Å². The normalized spacial score (nSPS) is 12.5. The van der Waals surface area contributed by atoms with Crippen molar-refractivity contribution in [3.8, 4) is 0 Å². The molecule has 1 heterocycles. The highest BCUT2D eigenvalue weighted by molar-refractivity contribution is 7.99. The molecule has 1 aromatic heterocycles. The standard InChI is InChI=1S/C16H30N4S/c1-7-9-17-15-13(5)16(18-10-8-12(4)21-6)20-14(19-15)11(2)3/h11-12H,7-10H2,1-6H3,(H2,17,18,19,20). The number of rotatable bonds is 9. The van der Waals surface area contributed by atoms with Crippen LogP contribution in [0.4, 0.5) is 11.6 Å². The van der Waals surface area contributed by atoms with E-state index in [1.165, 1.54) is 0 Å². The van der Waals surface area contributed by atoms with Crippen LogP contribution in [0.5, 0.6) is 0 Å². The minimum atomic E-state index is 0.332. The fourth-order valence-electron chi connectivity index (χ4n) is 1.89. The molecule has 21 heavy (non-hydrogen) atoms. The first kappa shape index (κ1) is 18.1. The maximum absolute atomic E-state index is 4.69. The Hall–Kier alpha value is -0.970. The van der Waals surface area contributed by atoms with E-state index in [0.29, 0.717) is 11.2 Å². The van der Waals surface area contributed by atoms with Crippen molar-refractivity contribution in [2.45, 2.75) is 58.6 Å². The lowest BCUT2D eigenvalue weighted by molar-refractivity contribution is 0.767. The summed E-state index contributed by atoms with van der Waals surface area (Å²) in [5.74, 6) is 3.18. The van der Waals surface area contributed by atoms with Gasteiger partial charge in [0.15, 0.2) is 0 Å². The molecule has 4 nitrogen and oxygen atoms in total. The van der Waals surface area contributed by atoms with Gasteiger partial charge in [-0.2, -0.15) is 11.8 Å². The fourth-order valence-corrected chi connectivity index (χ4v) is 2.25. The zero-order valence-corrected chi connectivity index (χ0v) is 15.1. The van der Waals surface area contributed by atoms with Crippen LogP contribution in [-0.4, -0.2) is 34.6 Å². The van der Waals surface area contributed by atoms with Crippen LogP contribution in [0.3, 0.4) is 0 Å². The Balaban J connectivity index is 2.87. The summed E-state index contributed by atoms with van der Waals surface area (Å²) in [4.78, 5) is 9.36. The van der Waals surface area contributed by atoms with E-state index in [9.17, 15) is 0 Å². The summed E-state index contributed by atoms with van der Waals surface area (Å²) >= 11 is 1.90. The number of hydrogen-bond acceptors (Lipinski definition) is 5. The van der Waals surface area contributed by atoms with Crippen molar-refractivity contribution in [1.82, 2.24) is 9.97 Å². The van der Waals surface area contributed by atoms with Gasteiger partial charge < -0.3 is 10.6 Å². The molecule has 0 aliphatic carbocycles. The molecule has 0 fully saturated rings. The molecule has 5 heteroatoms. The van der Waals surface area contributed by atoms with Crippen molar-refractivity contribution < 1.29 is 0 Å². The Morgan fingerprint density at radius 3 is 2.10 bits per heavy atom. The number of nitrogens with one attached hydrogen (secondary N) is 2. The Labute approximate surface area is 133 Å². The monoisotopic (exact) mass is 310 g/mol. The molecule has 0 aliphatic rings. The molecular formula is C16H30N4S. The van der Waals surface area contributed by atoms with E-state index in [0.717, 1.165) is 49.0 Å². The molecule has 2 N–H and O–H groups in total. The summed E-state index contributed by atoms with van der Waals surface area (Å²) in [7, 11) is 0. The average molecular weight is 311 g/mol. The van der Waals surface area contributed by atoms with Gasteiger partial charge in [0, 0.05) is 29.8 Å². The smallest absolute Gasteiger partial charge is 0.135 e. The van der Waals surface area contributed by atoms with Crippen LogP contribution < -0.4 is 10.6 Å². The first-order chi connectivity index (χ1) is 9.99. The van der Waals surface area contributed by atoms with Gasteiger partial charge in [0.2, 0.25) is 0 Å². The quantitative estimate of drug-likeness (QED) is 0.713. The summed E-state index contributed by atoms with van der Waals surface area (Å²) in [5, 5.41) is 7.57. The molecule has 0 bridgehead atoms. The second-order valence-corrected chi connectivity index (χ2v) is 7.02. The van der Waals surface area contributed by atoms with Gasteiger partial charge in [-0.05, 0) is 26.0 Å². The SMILES string of the molecule is CCCNc1nc(C(C)C)nc(NCCC(C)SC)c1C. The average Bonchev–Trinajstić information content (AvgIpc) is 2.47. The Kier molecular flexibility index (Phi) is 7.86. The van der Waals surface area contributed by atoms with Crippen LogP contribution in [0.2, 0.25) is 0 Å². The third-order valence-corrected chi connectivity index (χ3v) is 4.51. The number of thioether (sulfide) groups is 1. The molecular weight excluding hydrogens is 280 g/mol. The number of nitrogens with zero attached hydrogens (tertiary/aromatic N) is 2. The largest absolute Gasteiger partial charge is 0.370 e. The number of anilines is 2. The van der Waals surface area contributed by atoms with E-state index in [1.807, 2.05) is 11.8 Å². The van der Waals surface area contributed by atoms with Crippen molar-refractivity contribution in [2.24, 2.45) is 0 Å². The van der Waals surface area contributed by atoms with E-state index in [-0.39, 0.29) is 0 Å². The first-order valence-corrected chi connectivity index (χ1v) is 9.17. The zero-order chi connectivity index (χ0) is 15.8. The fraction of sp³-hybridized carbons (Fsp3) is 0.750. The molecule has 0 amide bonds. The molecule has 0 aromatic carbocycles. The van der Waals surface area contributed by atoms with Crippen molar-refractivity contribution in [3.63, 3.8) is 0 Å². The summed E-state index contributed by atoms with van der Waals surface area (Å²) < 4.78 is 0. The molecule has 0 saturated carbocycles. The van der Waals surface area contributed by atoms with Gasteiger partial charge in [0.1, 0.15) is 17.5 Å². The van der Waals surface area contributed by atoms with Crippen molar-refractivity contribution in [1.29, 1.82) is 0 Å². The highest BCUT2D eigenvalue weighted by Gasteiger charge is 2.13. The Morgan fingerprint density at radius 1 is 1.05 bits per heavy atom. The van der Waals surface area contributed by atoms with Gasteiger partial charge in [-0.25, -0.2) is 9.97 Å². The van der Waals surface area contributed by atoms with E-state index in [1.54, 1.807) is 0 Å². The lowest BCUT2D eigenvalue weighted by Gasteiger charge is -2.17.